The van der Waals surface area contributed by atoms with Crippen LogP contribution in [0.3, 0.4) is 0 Å². The van der Waals surface area contributed by atoms with E-state index in [0.717, 1.165) is 0 Å². The zero-order chi connectivity index (χ0) is 19.1. The highest BCUT2D eigenvalue weighted by Crippen LogP contribution is 2.36. The van der Waals surface area contributed by atoms with Gasteiger partial charge < -0.3 is 9.64 Å². The summed E-state index contributed by atoms with van der Waals surface area (Å²) in [6.45, 7) is 3.62. The molecule has 2 aromatic rings. The third-order valence-electron chi connectivity index (χ3n) is 3.85. The normalized spacial score (nSPS) is 16.6. The average Bonchev–Trinajstić information content (AvgIpc) is 2.56. The number of hydrogen-bond donors (Lipinski definition) is 1. The summed E-state index contributed by atoms with van der Waals surface area (Å²) in [4.78, 5) is 13.4. The average molecular weight is 415 g/mol. The zero-order valence-electron chi connectivity index (χ0n) is 14.0. The fourth-order valence-electron chi connectivity index (χ4n) is 2.66. The molecule has 26 heavy (non-hydrogen) atoms. The molecular formula is C17H16Cl2N2O4S. The molecule has 138 valence electrons. The number of carbonyl (C=O) groups is 1. The lowest BCUT2D eigenvalue weighted by Gasteiger charge is -2.33. The first-order valence-electron chi connectivity index (χ1n) is 7.74. The van der Waals surface area contributed by atoms with Crippen LogP contribution in [-0.4, -0.2) is 27.0 Å². The first-order chi connectivity index (χ1) is 12.2. The molecule has 1 aliphatic heterocycles. The van der Waals surface area contributed by atoms with Crippen LogP contribution in [0.5, 0.6) is 5.75 Å². The van der Waals surface area contributed by atoms with Crippen molar-refractivity contribution >= 4 is 50.5 Å². The molecule has 3 rings (SSSR count). The molecule has 0 bridgehead atoms. The van der Waals surface area contributed by atoms with Crippen LogP contribution in [0.25, 0.3) is 0 Å². The number of amides is 1. The molecule has 0 aromatic heterocycles. The van der Waals surface area contributed by atoms with E-state index in [0.29, 0.717) is 23.0 Å². The van der Waals surface area contributed by atoms with Gasteiger partial charge in [-0.05, 0) is 43.3 Å². The largest absolute Gasteiger partial charge is 0.487 e. The molecule has 0 spiro atoms. The number of hydrogen-bond acceptors (Lipinski definition) is 4. The number of benzene rings is 2. The van der Waals surface area contributed by atoms with Gasteiger partial charge in [0.1, 0.15) is 11.9 Å². The Balaban J connectivity index is 1.97. The van der Waals surface area contributed by atoms with Gasteiger partial charge >= 0.3 is 0 Å². The van der Waals surface area contributed by atoms with Gasteiger partial charge in [0.25, 0.3) is 10.0 Å². The molecule has 0 fully saturated rings. The molecule has 1 atom stereocenters. The molecule has 1 amide bonds. The van der Waals surface area contributed by atoms with Crippen molar-refractivity contribution in [3.63, 3.8) is 0 Å². The molecule has 2 aromatic carbocycles. The molecular weight excluding hydrogens is 399 g/mol. The van der Waals surface area contributed by atoms with E-state index in [2.05, 4.69) is 4.72 Å². The highest BCUT2D eigenvalue weighted by atomic mass is 35.5. The number of sulfonamides is 1. The number of anilines is 2. The van der Waals surface area contributed by atoms with Crippen molar-refractivity contribution in [2.75, 3.05) is 16.2 Å². The third-order valence-corrected chi connectivity index (χ3v) is 5.97. The summed E-state index contributed by atoms with van der Waals surface area (Å²) in [6.07, 6.45) is -0.178. The van der Waals surface area contributed by atoms with E-state index in [1.54, 1.807) is 6.07 Å². The van der Waals surface area contributed by atoms with Crippen LogP contribution in [0.4, 0.5) is 11.4 Å². The summed E-state index contributed by atoms with van der Waals surface area (Å²) < 4.78 is 33.5. The second-order valence-electron chi connectivity index (χ2n) is 5.92. The summed E-state index contributed by atoms with van der Waals surface area (Å²) in [7, 11) is -3.88. The topological polar surface area (TPSA) is 75.7 Å². The van der Waals surface area contributed by atoms with Gasteiger partial charge in [-0.25, -0.2) is 8.42 Å². The molecule has 6 nitrogen and oxygen atoms in total. The van der Waals surface area contributed by atoms with Gasteiger partial charge in [-0.3, -0.25) is 9.52 Å². The van der Waals surface area contributed by atoms with Crippen molar-refractivity contribution in [3.8, 4) is 5.75 Å². The maximum atomic E-state index is 12.7. The lowest BCUT2D eigenvalue weighted by Crippen LogP contribution is -2.41. The highest BCUT2D eigenvalue weighted by molar-refractivity contribution is 7.92. The second kappa shape index (κ2) is 6.98. The molecule has 9 heteroatoms. The molecule has 1 heterocycles. The SMILES string of the molecule is CC(=O)N1CC(C)Oc2ccc(S(=O)(=O)Nc3ccc(Cl)c(Cl)c3)cc21. The van der Waals surface area contributed by atoms with Crippen LogP contribution in [0.1, 0.15) is 13.8 Å². The Bertz CT molecular complexity index is 979. The lowest BCUT2D eigenvalue weighted by atomic mass is 10.2. The zero-order valence-corrected chi connectivity index (χ0v) is 16.3. The van der Waals surface area contributed by atoms with Gasteiger partial charge in [-0.2, -0.15) is 0 Å². The molecule has 0 saturated carbocycles. The van der Waals surface area contributed by atoms with Gasteiger partial charge in [0.2, 0.25) is 5.91 Å². The summed E-state index contributed by atoms with van der Waals surface area (Å²) >= 11 is 11.8. The Hall–Kier alpha value is -1.96. The smallest absolute Gasteiger partial charge is 0.261 e. The lowest BCUT2D eigenvalue weighted by molar-refractivity contribution is -0.117. The monoisotopic (exact) mass is 414 g/mol. The molecule has 0 aliphatic carbocycles. The van der Waals surface area contributed by atoms with E-state index in [-0.39, 0.29) is 27.6 Å². The highest BCUT2D eigenvalue weighted by Gasteiger charge is 2.28. The van der Waals surface area contributed by atoms with Crippen LogP contribution in [0.15, 0.2) is 41.3 Å². The fraction of sp³-hybridized carbons (Fsp3) is 0.235. The minimum Gasteiger partial charge on any atom is -0.487 e. The number of halogens is 2. The van der Waals surface area contributed by atoms with Crippen LogP contribution < -0.4 is 14.4 Å². The molecule has 1 unspecified atom stereocenters. The predicted molar refractivity (Wildman–Crippen MR) is 102 cm³/mol. The Morgan fingerprint density at radius 3 is 2.58 bits per heavy atom. The Morgan fingerprint density at radius 1 is 1.19 bits per heavy atom. The van der Waals surface area contributed by atoms with E-state index >= 15 is 0 Å². The van der Waals surface area contributed by atoms with Crippen molar-refractivity contribution in [3.05, 3.63) is 46.4 Å². The quantitative estimate of drug-likeness (QED) is 0.825. The molecule has 1 N–H and O–H groups in total. The number of rotatable bonds is 3. The van der Waals surface area contributed by atoms with Gasteiger partial charge in [-0.15, -0.1) is 0 Å². The number of carbonyl (C=O) groups excluding carboxylic acids is 1. The van der Waals surface area contributed by atoms with Crippen LogP contribution in [0.2, 0.25) is 10.0 Å². The van der Waals surface area contributed by atoms with Crippen molar-refractivity contribution in [2.45, 2.75) is 24.8 Å². The van der Waals surface area contributed by atoms with Crippen molar-refractivity contribution in [2.24, 2.45) is 0 Å². The predicted octanol–water partition coefficient (Wildman–Crippen LogP) is 3.93. The Labute approximate surface area is 161 Å². The first kappa shape index (κ1) is 18.8. The van der Waals surface area contributed by atoms with Gasteiger partial charge in [0.15, 0.2) is 0 Å². The van der Waals surface area contributed by atoms with Crippen molar-refractivity contribution < 1.29 is 17.9 Å². The molecule has 0 radical (unpaired) electrons. The third kappa shape index (κ3) is 3.75. The molecule has 0 saturated heterocycles. The summed E-state index contributed by atoms with van der Waals surface area (Å²) in [5.74, 6) is 0.279. The van der Waals surface area contributed by atoms with Gasteiger partial charge in [0, 0.05) is 6.92 Å². The molecule has 1 aliphatic rings. The maximum Gasteiger partial charge on any atom is 0.261 e. The van der Waals surface area contributed by atoms with Crippen LogP contribution in [-0.2, 0) is 14.8 Å². The Kier molecular flexibility index (Phi) is 5.05. The maximum absolute atomic E-state index is 12.7. The van der Waals surface area contributed by atoms with E-state index < -0.39 is 10.0 Å². The van der Waals surface area contributed by atoms with Gasteiger partial charge in [0.05, 0.1) is 32.9 Å². The number of nitrogens with zero attached hydrogens (tertiary/aromatic N) is 1. The Morgan fingerprint density at radius 2 is 1.92 bits per heavy atom. The number of fused-ring (bicyclic) bond motifs is 1. The van der Waals surface area contributed by atoms with E-state index in [1.807, 2.05) is 6.92 Å². The minimum absolute atomic E-state index is 0.00623. The van der Waals surface area contributed by atoms with Crippen molar-refractivity contribution in [1.82, 2.24) is 0 Å². The van der Waals surface area contributed by atoms with E-state index in [9.17, 15) is 13.2 Å². The number of ether oxygens (including phenoxy) is 1. The summed E-state index contributed by atoms with van der Waals surface area (Å²) in [6, 6.07) is 8.83. The van der Waals surface area contributed by atoms with E-state index in [4.69, 9.17) is 27.9 Å². The second-order valence-corrected chi connectivity index (χ2v) is 8.42. The van der Waals surface area contributed by atoms with Gasteiger partial charge in [-0.1, -0.05) is 23.2 Å². The van der Waals surface area contributed by atoms with E-state index in [1.165, 1.54) is 42.2 Å². The summed E-state index contributed by atoms with van der Waals surface area (Å²) in [5, 5.41) is 0.564. The summed E-state index contributed by atoms with van der Waals surface area (Å²) in [5.41, 5.74) is 0.707. The standard InChI is InChI=1S/C17H16Cl2N2O4S/c1-10-9-21(11(2)22)16-8-13(4-6-17(16)25-10)26(23,24)20-12-3-5-14(18)15(19)7-12/h3-8,10,20H,9H2,1-2H3. The minimum atomic E-state index is -3.88. The number of nitrogens with one attached hydrogen (secondary N) is 1. The van der Waals surface area contributed by atoms with Crippen molar-refractivity contribution in [1.29, 1.82) is 0 Å². The fourth-order valence-corrected chi connectivity index (χ4v) is 4.02. The van der Waals surface area contributed by atoms with Crippen LogP contribution in [0, 0.1) is 0 Å². The first-order valence-corrected chi connectivity index (χ1v) is 9.98. The van der Waals surface area contributed by atoms with Crippen LogP contribution >= 0.6 is 23.2 Å².